The van der Waals surface area contributed by atoms with Crippen molar-refractivity contribution in [2.24, 2.45) is 0 Å². The highest BCUT2D eigenvalue weighted by Gasteiger charge is 2.32. The molecule has 0 aromatic heterocycles. The van der Waals surface area contributed by atoms with Crippen molar-refractivity contribution in [2.45, 2.75) is 59.0 Å². The number of hydrogen-bond donors (Lipinski definition) is 1. The van der Waals surface area contributed by atoms with Gasteiger partial charge in [0.25, 0.3) is 10.9 Å². The third-order valence-electron chi connectivity index (χ3n) is 4.61. The molecule has 1 amide bonds. The number of benzene rings is 1. The molecule has 5 nitrogen and oxygen atoms in total. The molecule has 2 rings (SSSR count). The number of rotatable bonds is 8. The van der Waals surface area contributed by atoms with E-state index in [1.54, 1.807) is 18.2 Å². The van der Waals surface area contributed by atoms with Crippen LogP contribution in [-0.2, 0) is 11.3 Å². The molecule has 0 spiro atoms. The van der Waals surface area contributed by atoms with Crippen LogP contribution < -0.4 is 21.1 Å². The summed E-state index contributed by atoms with van der Waals surface area (Å²) in [6.07, 6.45) is 1.64. The molecule has 0 radical (unpaired) electrons. The molecule has 0 aliphatic heterocycles. The molecule has 0 aliphatic carbocycles. The van der Waals surface area contributed by atoms with Gasteiger partial charge in [-0.2, -0.15) is 0 Å². The minimum absolute atomic E-state index is 0.0981. The van der Waals surface area contributed by atoms with E-state index in [0.717, 1.165) is 6.42 Å². The summed E-state index contributed by atoms with van der Waals surface area (Å²) >= 11 is 12.2. The number of nitrogens with zero attached hydrogens (tertiary/aromatic N) is 1. The molecule has 0 atom stereocenters. The Bertz CT molecular complexity index is 915. The third-order valence-corrected chi connectivity index (χ3v) is 5.20. The highest BCUT2D eigenvalue weighted by molar-refractivity contribution is 6.35. The first kappa shape index (κ1) is 21.5. The van der Waals surface area contributed by atoms with Crippen molar-refractivity contribution in [3.8, 4) is 0 Å². The lowest BCUT2D eigenvalue weighted by molar-refractivity contribution is -0.118. The second kappa shape index (κ2) is 8.44. The maximum absolute atomic E-state index is 12.7. The molecule has 0 saturated heterocycles. The number of anilines is 2. The molecule has 0 saturated carbocycles. The Morgan fingerprint density at radius 2 is 1.81 bits per heavy atom. The van der Waals surface area contributed by atoms with Crippen molar-refractivity contribution < 1.29 is 4.79 Å². The molecule has 146 valence electrons. The van der Waals surface area contributed by atoms with Gasteiger partial charge in [0.1, 0.15) is 11.4 Å². The van der Waals surface area contributed by atoms with E-state index in [0.29, 0.717) is 22.0 Å². The van der Waals surface area contributed by atoms with Gasteiger partial charge >= 0.3 is 0 Å². The van der Waals surface area contributed by atoms with E-state index >= 15 is 0 Å². The fourth-order valence-electron chi connectivity index (χ4n) is 2.64. The number of amides is 1. The Kier molecular flexibility index (Phi) is 6.71. The van der Waals surface area contributed by atoms with Crippen LogP contribution in [-0.4, -0.2) is 11.4 Å². The van der Waals surface area contributed by atoms with Crippen LogP contribution in [0.15, 0.2) is 27.8 Å². The van der Waals surface area contributed by atoms with Crippen LogP contribution in [0.3, 0.4) is 0 Å². The van der Waals surface area contributed by atoms with Crippen molar-refractivity contribution >= 4 is 40.5 Å². The van der Waals surface area contributed by atoms with E-state index in [2.05, 4.69) is 5.32 Å². The van der Waals surface area contributed by atoms with Crippen LogP contribution in [0.1, 0.15) is 52.5 Å². The second-order valence-electron chi connectivity index (χ2n) is 7.21. The predicted octanol–water partition coefficient (Wildman–Crippen LogP) is 4.52. The zero-order chi connectivity index (χ0) is 20.4. The number of carbonyl (C=O) groups is 1. The van der Waals surface area contributed by atoms with Gasteiger partial charge in [-0.3, -0.25) is 14.4 Å². The SMILES string of the molecule is CCCC(=O)N(Cc1ccc(Cl)cc1Cl)c1c(NC(C)(C)CC)c(=O)c1=O. The minimum Gasteiger partial charge on any atom is -0.375 e. The van der Waals surface area contributed by atoms with Crippen LogP contribution in [0.25, 0.3) is 0 Å². The predicted molar refractivity (Wildman–Crippen MR) is 112 cm³/mol. The van der Waals surface area contributed by atoms with Crippen molar-refractivity contribution in [2.75, 3.05) is 10.2 Å². The summed E-state index contributed by atoms with van der Waals surface area (Å²) in [5.74, 6) is -0.229. The molecule has 0 fully saturated rings. The molecule has 1 N–H and O–H groups in total. The van der Waals surface area contributed by atoms with Gasteiger partial charge in [0.15, 0.2) is 0 Å². The van der Waals surface area contributed by atoms with Crippen molar-refractivity contribution in [1.82, 2.24) is 0 Å². The van der Waals surface area contributed by atoms with E-state index < -0.39 is 10.9 Å². The summed E-state index contributed by atoms with van der Waals surface area (Å²) in [5, 5.41) is 4.01. The Labute approximate surface area is 169 Å². The van der Waals surface area contributed by atoms with E-state index in [-0.39, 0.29) is 35.8 Å². The summed E-state index contributed by atoms with van der Waals surface area (Å²) in [6, 6.07) is 4.97. The summed E-state index contributed by atoms with van der Waals surface area (Å²) in [5.41, 5.74) is -0.664. The van der Waals surface area contributed by atoms with E-state index in [4.69, 9.17) is 23.2 Å². The maximum atomic E-state index is 12.7. The normalized spacial score (nSPS) is 11.6. The number of hydrogen-bond acceptors (Lipinski definition) is 4. The Balaban J connectivity index is 2.47. The molecule has 7 heteroatoms. The van der Waals surface area contributed by atoms with E-state index in [1.165, 1.54) is 4.90 Å². The van der Waals surface area contributed by atoms with Gasteiger partial charge < -0.3 is 10.2 Å². The first-order chi connectivity index (χ1) is 12.6. The van der Waals surface area contributed by atoms with Crippen molar-refractivity contribution in [3.05, 3.63) is 54.3 Å². The van der Waals surface area contributed by atoms with Gasteiger partial charge in [0, 0.05) is 22.0 Å². The van der Waals surface area contributed by atoms with E-state index in [9.17, 15) is 14.4 Å². The van der Waals surface area contributed by atoms with Crippen LogP contribution in [0.4, 0.5) is 11.4 Å². The Hall–Kier alpha value is -1.85. The summed E-state index contributed by atoms with van der Waals surface area (Å²) in [6.45, 7) is 7.82. The lowest BCUT2D eigenvalue weighted by atomic mass is 9.99. The fourth-order valence-corrected chi connectivity index (χ4v) is 3.11. The standard InChI is InChI=1S/C20H24Cl2N2O3/c1-5-7-15(25)24(11-12-8-9-13(21)10-14(12)22)17-16(18(26)19(17)27)23-20(3,4)6-2/h8-10,23H,5-7,11H2,1-4H3. The fraction of sp³-hybridized carbons (Fsp3) is 0.450. The third kappa shape index (κ3) is 4.71. The smallest absolute Gasteiger partial charge is 0.253 e. The molecule has 0 bridgehead atoms. The maximum Gasteiger partial charge on any atom is 0.253 e. The summed E-state index contributed by atoms with van der Waals surface area (Å²) in [7, 11) is 0. The topological polar surface area (TPSA) is 66.5 Å². The molecule has 0 heterocycles. The average molecular weight is 411 g/mol. The summed E-state index contributed by atoms with van der Waals surface area (Å²) < 4.78 is 0. The largest absolute Gasteiger partial charge is 0.375 e. The molecule has 27 heavy (non-hydrogen) atoms. The Morgan fingerprint density at radius 3 is 2.37 bits per heavy atom. The van der Waals surface area contributed by atoms with Crippen LogP contribution in [0.2, 0.25) is 10.0 Å². The monoisotopic (exact) mass is 410 g/mol. The quantitative estimate of drug-likeness (QED) is 0.649. The van der Waals surface area contributed by atoms with Crippen LogP contribution >= 0.6 is 23.2 Å². The number of halogens is 2. The van der Waals surface area contributed by atoms with Crippen molar-refractivity contribution in [1.29, 1.82) is 0 Å². The van der Waals surface area contributed by atoms with Gasteiger partial charge in [-0.1, -0.05) is 43.1 Å². The highest BCUT2D eigenvalue weighted by atomic mass is 35.5. The van der Waals surface area contributed by atoms with Gasteiger partial charge in [0.05, 0.1) is 6.54 Å². The van der Waals surface area contributed by atoms with Gasteiger partial charge in [0.2, 0.25) is 5.91 Å². The number of carbonyl (C=O) groups excluding carboxylic acids is 1. The van der Waals surface area contributed by atoms with Crippen LogP contribution in [0, 0.1) is 0 Å². The molecular formula is C20H24Cl2N2O3. The summed E-state index contributed by atoms with van der Waals surface area (Å²) in [4.78, 5) is 38.6. The number of nitrogens with one attached hydrogen (secondary N) is 1. The first-order valence-corrected chi connectivity index (χ1v) is 9.72. The second-order valence-corrected chi connectivity index (χ2v) is 8.05. The molecule has 0 unspecified atom stereocenters. The molecule has 2 aromatic carbocycles. The lowest BCUT2D eigenvalue weighted by Crippen LogP contribution is -2.47. The minimum atomic E-state index is -0.654. The Morgan fingerprint density at radius 1 is 1.15 bits per heavy atom. The van der Waals surface area contributed by atoms with Crippen molar-refractivity contribution in [3.63, 3.8) is 0 Å². The van der Waals surface area contributed by atoms with Gasteiger partial charge in [-0.05, 0) is 44.4 Å². The van der Waals surface area contributed by atoms with E-state index in [1.807, 2.05) is 27.7 Å². The highest BCUT2D eigenvalue weighted by Crippen LogP contribution is 2.29. The zero-order valence-corrected chi connectivity index (χ0v) is 17.5. The van der Waals surface area contributed by atoms with Crippen LogP contribution in [0.5, 0.6) is 0 Å². The van der Waals surface area contributed by atoms with Gasteiger partial charge in [-0.25, -0.2) is 0 Å². The zero-order valence-electron chi connectivity index (χ0n) is 16.0. The average Bonchev–Trinajstić information content (AvgIpc) is 2.61. The molecule has 2 aromatic rings. The lowest BCUT2D eigenvalue weighted by Gasteiger charge is -2.31. The first-order valence-electron chi connectivity index (χ1n) is 8.97. The van der Waals surface area contributed by atoms with Gasteiger partial charge in [-0.15, -0.1) is 0 Å². The molecule has 0 aliphatic rings. The molecular weight excluding hydrogens is 387 g/mol.